The Labute approximate surface area is 116 Å². The Kier molecular flexibility index (Phi) is 4.19. The topological polar surface area (TPSA) is 93.5 Å². The van der Waals surface area contributed by atoms with E-state index in [0.29, 0.717) is 30.0 Å². The van der Waals surface area contributed by atoms with Crippen molar-refractivity contribution in [2.45, 2.75) is 26.3 Å². The van der Waals surface area contributed by atoms with Gasteiger partial charge in [-0.25, -0.2) is 4.79 Å². The van der Waals surface area contributed by atoms with Gasteiger partial charge in [-0.1, -0.05) is 0 Å². The number of rotatable bonds is 3. The molecule has 2 N–H and O–H groups in total. The van der Waals surface area contributed by atoms with Crippen molar-refractivity contribution < 1.29 is 14.5 Å². The third-order valence-electron chi connectivity index (χ3n) is 3.25. The normalized spacial score (nSPS) is 17.8. The lowest BCUT2D eigenvalue weighted by Crippen LogP contribution is -2.38. The molecule has 0 aromatic heterocycles. The molecule has 2 amide bonds. The first-order valence-electron chi connectivity index (χ1n) is 6.38. The standard InChI is InChI=1S/C13H17N3O4/c1-8-6-12(16(18)19)9(2)5-11(8)15-13(17)14-10-3-4-20-7-10/h5-6,10H,3-4,7H2,1-2H3,(H2,14,15,17). The van der Waals surface area contributed by atoms with Crippen LogP contribution in [0.1, 0.15) is 17.5 Å². The fraction of sp³-hybridized carbons (Fsp3) is 0.462. The molecule has 2 rings (SSSR count). The van der Waals surface area contributed by atoms with E-state index in [2.05, 4.69) is 10.6 Å². The Morgan fingerprint density at radius 2 is 2.15 bits per heavy atom. The van der Waals surface area contributed by atoms with Crippen molar-refractivity contribution in [3.63, 3.8) is 0 Å². The zero-order valence-corrected chi connectivity index (χ0v) is 11.4. The van der Waals surface area contributed by atoms with Crippen LogP contribution >= 0.6 is 0 Å². The van der Waals surface area contributed by atoms with E-state index in [-0.39, 0.29) is 17.8 Å². The molecule has 0 saturated carbocycles. The summed E-state index contributed by atoms with van der Waals surface area (Å²) < 4.78 is 5.18. The van der Waals surface area contributed by atoms with Gasteiger partial charge in [-0.05, 0) is 31.9 Å². The number of hydrogen-bond donors (Lipinski definition) is 2. The van der Waals surface area contributed by atoms with Gasteiger partial charge in [-0.3, -0.25) is 10.1 Å². The Balaban J connectivity index is 2.07. The van der Waals surface area contributed by atoms with Crippen LogP contribution in [0.2, 0.25) is 0 Å². The minimum absolute atomic E-state index is 0.0226. The molecule has 0 spiro atoms. The molecule has 0 aliphatic carbocycles. The van der Waals surface area contributed by atoms with Gasteiger partial charge in [-0.2, -0.15) is 0 Å². The molecule has 1 aliphatic heterocycles. The van der Waals surface area contributed by atoms with Gasteiger partial charge in [0, 0.05) is 23.9 Å². The summed E-state index contributed by atoms with van der Waals surface area (Å²) in [7, 11) is 0. The van der Waals surface area contributed by atoms with Gasteiger partial charge in [0.05, 0.1) is 17.6 Å². The Bertz CT molecular complexity index is 539. The van der Waals surface area contributed by atoms with Crippen molar-refractivity contribution in [3.8, 4) is 0 Å². The minimum atomic E-state index is -0.429. The predicted molar refractivity (Wildman–Crippen MR) is 73.9 cm³/mol. The molecule has 20 heavy (non-hydrogen) atoms. The maximum atomic E-state index is 11.8. The van der Waals surface area contributed by atoms with Gasteiger partial charge in [-0.15, -0.1) is 0 Å². The molecule has 1 unspecified atom stereocenters. The number of nitrogens with one attached hydrogen (secondary N) is 2. The van der Waals surface area contributed by atoms with Crippen molar-refractivity contribution >= 4 is 17.4 Å². The second-order valence-corrected chi connectivity index (χ2v) is 4.87. The van der Waals surface area contributed by atoms with E-state index in [1.165, 1.54) is 6.07 Å². The molecule has 1 saturated heterocycles. The summed E-state index contributed by atoms with van der Waals surface area (Å²) >= 11 is 0. The smallest absolute Gasteiger partial charge is 0.319 e. The predicted octanol–water partition coefficient (Wildman–Crippen LogP) is 2.12. The van der Waals surface area contributed by atoms with E-state index >= 15 is 0 Å². The minimum Gasteiger partial charge on any atom is -0.379 e. The number of hydrogen-bond acceptors (Lipinski definition) is 4. The van der Waals surface area contributed by atoms with Crippen molar-refractivity contribution in [2.24, 2.45) is 0 Å². The zero-order valence-electron chi connectivity index (χ0n) is 11.4. The molecule has 108 valence electrons. The molecule has 7 nitrogen and oxygen atoms in total. The van der Waals surface area contributed by atoms with Crippen LogP contribution in [0.4, 0.5) is 16.2 Å². The Morgan fingerprint density at radius 3 is 2.75 bits per heavy atom. The maximum Gasteiger partial charge on any atom is 0.319 e. The summed E-state index contributed by atoms with van der Waals surface area (Å²) in [5.41, 5.74) is 1.79. The number of ether oxygens (including phenoxy) is 1. The first-order valence-corrected chi connectivity index (χ1v) is 6.38. The van der Waals surface area contributed by atoms with E-state index in [1.54, 1.807) is 19.9 Å². The Morgan fingerprint density at radius 1 is 1.40 bits per heavy atom. The molecule has 0 radical (unpaired) electrons. The van der Waals surface area contributed by atoms with Gasteiger partial charge in [0.15, 0.2) is 0 Å². The third kappa shape index (κ3) is 3.24. The van der Waals surface area contributed by atoms with E-state index in [9.17, 15) is 14.9 Å². The van der Waals surface area contributed by atoms with E-state index < -0.39 is 4.92 Å². The van der Waals surface area contributed by atoms with Crippen molar-refractivity contribution in [1.82, 2.24) is 5.32 Å². The van der Waals surface area contributed by atoms with Crippen LogP contribution in [0, 0.1) is 24.0 Å². The number of aryl methyl sites for hydroxylation is 2. The van der Waals surface area contributed by atoms with Crippen LogP contribution in [0.3, 0.4) is 0 Å². The number of amides is 2. The molecule has 1 fully saturated rings. The Hall–Kier alpha value is -2.15. The van der Waals surface area contributed by atoms with Gasteiger partial charge in [0.2, 0.25) is 0 Å². The molecular weight excluding hydrogens is 262 g/mol. The molecule has 1 aromatic carbocycles. The van der Waals surface area contributed by atoms with E-state index in [0.717, 1.165) is 6.42 Å². The van der Waals surface area contributed by atoms with Gasteiger partial charge in [0.25, 0.3) is 5.69 Å². The van der Waals surface area contributed by atoms with Crippen LogP contribution in [0.25, 0.3) is 0 Å². The average molecular weight is 279 g/mol. The highest BCUT2D eigenvalue weighted by atomic mass is 16.6. The lowest BCUT2D eigenvalue weighted by atomic mass is 10.1. The number of carbonyl (C=O) groups is 1. The quantitative estimate of drug-likeness (QED) is 0.654. The van der Waals surface area contributed by atoms with Crippen molar-refractivity contribution in [2.75, 3.05) is 18.5 Å². The fourth-order valence-electron chi connectivity index (χ4n) is 2.12. The fourth-order valence-corrected chi connectivity index (χ4v) is 2.12. The molecule has 1 atom stereocenters. The van der Waals surface area contributed by atoms with Gasteiger partial charge in [0.1, 0.15) is 0 Å². The van der Waals surface area contributed by atoms with Crippen LogP contribution in [0.5, 0.6) is 0 Å². The average Bonchev–Trinajstić information content (AvgIpc) is 2.85. The highest BCUT2D eigenvalue weighted by molar-refractivity contribution is 5.90. The number of nitro groups is 1. The summed E-state index contributed by atoms with van der Waals surface area (Å²) in [6.45, 7) is 4.54. The van der Waals surface area contributed by atoms with Crippen molar-refractivity contribution in [3.05, 3.63) is 33.4 Å². The summed E-state index contributed by atoms with van der Waals surface area (Å²) in [6.07, 6.45) is 0.797. The number of anilines is 1. The number of nitrogens with zero attached hydrogens (tertiary/aromatic N) is 1. The summed E-state index contributed by atoms with van der Waals surface area (Å²) in [6, 6.07) is 2.77. The van der Waals surface area contributed by atoms with Gasteiger partial charge < -0.3 is 15.4 Å². The number of nitro benzene ring substituents is 1. The molecule has 1 aromatic rings. The number of urea groups is 1. The molecule has 7 heteroatoms. The van der Waals surface area contributed by atoms with Crippen molar-refractivity contribution in [1.29, 1.82) is 0 Å². The molecule has 1 heterocycles. The summed E-state index contributed by atoms with van der Waals surface area (Å²) in [5, 5.41) is 16.3. The zero-order chi connectivity index (χ0) is 14.7. The van der Waals surface area contributed by atoms with Crippen LogP contribution in [-0.2, 0) is 4.74 Å². The molecule has 1 aliphatic rings. The monoisotopic (exact) mass is 279 g/mol. The number of carbonyl (C=O) groups excluding carboxylic acids is 1. The second kappa shape index (κ2) is 5.87. The van der Waals surface area contributed by atoms with Gasteiger partial charge >= 0.3 is 6.03 Å². The third-order valence-corrected chi connectivity index (χ3v) is 3.25. The first-order chi connectivity index (χ1) is 9.47. The first kappa shape index (κ1) is 14.3. The van der Waals surface area contributed by atoms with Crippen LogP contribution < -0.4 is 10.6 Å². The highest BCUT2D eigenvalue weighted by Crippen LogP contribution is 2.25. The largest absolute Gasteiger partial charge is 0.379 e. The molecule has 0 bridgehead atoms. The SMILES string of the molecule is Cc1cc([N+](=O)[O-])c(C)cc1NC(=O)NC1CCOC1. The van der Waals surface area contributed by atoms with E-state index in [1.807, 2.05) is 0 Å². The lowest BCUT2D eigenvalue weighted by Gasteiger charge is -2.14. The van der Waals surface area contributed by atoms with Crippen LogP contribution in [0.15, 0.2) is 12.1 Å². The lowest BCUT2D eigenvalue weighted by molar-refractivity contribution is -0.385. The maximum absolute atomic E-state index is 11.8. The van der Waals surface area contributed by atoms with Crippen LogP contribution in [-0.4, -0.2) is 30.2 Å². The number of benzene rings is 1. The van der Waals surface area contributed by atoms with E-state index in [4.69, 9.17) is 4.74 Å². The summed E-state index contributed by atoms with van der Waals surface area (Å²) in [5.74, 6) is 0. The second-order valence-electron chi connectivity index (χ2n) is 4.87. The summed E-state index contributed by atoms with van der Waals surface area (Å²) in [4.78, 5) is 22.2. The molecular formula is C13H17N3O4. The highest BCUT2D eigenvalue weighted by Gasteiger charge is 2.19.